The maximum absolute atomic E-state index is 12.5. The van der Waals surface area contributed by atoms with Crippen molar-refractivity contribution in [1.82, 2.24) is 4.98 Å². The summed E-state index contributed by atoms with van der Waals surface area (Å²) in [5, 5.41) is 15.7. The number of rotatable bonds is 2. The lowest BCUT2D eigenvalue weighted by Gasteiger charge is -2.26. The van der Waals surface area contributed by atoms with Gasteiger partial charge in [-0.2, -0.15) is 0 Å². The number of phenolic OH excluding ortho intramolecular Hbond substituents is 1. The molecule has 2 amide bonds. The molecule has 1 aromatic heterocycles. The van der Waals surface area contributed by atoms with Gasteiger partial charge in [-0.25, -0.2) is 4.98 Å². The standard InChI is InChI=1S/C17H18N4O3/c1-9-4-10(2)15(23)12(5-9)20-17(24)11-6-13-16(18-7-11)19-8-14(22)21(13)3/h4-7,23H,8H2,1-3H3,(H,18,19)(H,20,24). The number of hydrogen-bond donors (Lipinski definition) is 3. The second kappa shape index (κ2) is 5.84. The third-order valence-electron chi connectivity index (χ3n) is 3.97. The molecule has 1 aliphatic rings. The Morgan fingerprint density at radius 3 is 2.83 bits per heavy atom. The molecule has 0 atom stereocenters. The van der Waals surface area contributed by atoms with E-state index in [0.29, 0.717) is 28.3 Å². The minimum Gasteiger partial charge on any atom is -0.505 e. The van der Waals surface area contributed by atoms with E-state index in [1.165, 1.54) is 11.1 Å². The Kier molecular flexibility index (Phi) is 3.84. The van der Waals surface area contributed by atoms with Crippen molar-refractivity contribution in [3.8, 4) is 5.75 Å². The number of nitrogens with one attached hydrogen (secondary N) is 2. The molecule has 2 heterocycles. The Hall–Kier alpha value is -3.09. The fourth-order valence-electron chi connectivity index (χ4n) is 2.63. The van der Waals surface area contributed by atoms with E-state index in [1.54, 1.807) is 26.1 Å². The zero-order valence-electron chi connectivity index (χ0n) is 13.7. The van der Waals surface area contributed by atoms with Gasteiger partial charge in [-0.3, -0.25) is 9.59 Å². The molecular formula is C17H18N4O3. The molecule has 0 fully saturated rings. The van der Waals surface area contributed by atoms with Gasteiger partial charge in [0.2, 0.25) is 5.91 Å². The molecule has 24 heavy (non-hydrogen) atoms. The second-order valence-electron chi connectivity index (χ2n) is 5.83. The maximum atomic E-state index is 12.5. The lowest BCUT2D eigenvalue weighted by Crippen LogP contribution is -2.37. The highest BCUT2D eigenvalue weighted by molar-refractivity contribution is 6.08. The quantitative estimate of drug-likeness (QED) is 0.734. The van der Waals surface area contributed by atoms with Crippen LogP contribution in [0.5, 0.6) is 5.75 Å². The number of benzene rings is 1. The van der Waals surface area contributed by atoms with E-state index in [-0.39, 0.29) is 18.2 Å². The van der Waals surface area contributed by atoms with Crippen LogP contribution in [0.4, 0.5) is 17.2 Å². The van der Waals surface area contributed by atoms with Crippen molar-refractivity contribution >= 4 is 29.0 Å². The molecule has 7 nitrogen and oxygen atoms in total. The van der Waals surface area contributed by atoms with Crippen LogP contribution in [0.25, 0.3) is 0 Å². The maximum Gasteiger partial charge on any atom is 0.257 e. The highest BCUT2D eigenvalue weighted by atomic mass is 16.3. The third kappa shape index (κ3) is 2.76. The zero-order valence-corrected chi connectivity index (χ0v) is 13.7. The van der Waals surface area contributed by atoms with Crippen LogP contribution in [0.1, 0.15) is 21.5 Å². The van der Waals surface area contributed by atoms with Crippen LogP contribution in [-0.4, -0.2) is 35.5 Å². The molecule has 3 N–H and O–H groups in total. The third-order valence-corrected chi connectivity index (χ3v) is 3.97. The molecule has 3 rings (SSSR count). The Balaban J connectivity index is 1.90. The van der Waals surface area contributed by atoms with Gasteiger partial charge in [-0.15, -0.1) is 0 Å². The molecule has 7 heteroatoms. The number of nitrogens with zero attached hydrogens (tertiary/aromatic N) is 2. The first-order valence-electron chi connectivity index (χ1n) is 7.49. The van der Waals surface area contributed by atoms with Gasteiger partial charge >= 0.3 is 0 Å². The largest absolute Gasteiger partial charge is 0.505 e. The predicted octanol–water partition coefficient (Wildman–Crippen LogP) is 2.04. The first kappa shape index (κ1) is 15.8. The van der Waals surface area contributed by atoms with Crippen molar-refractivity contribution in [2.24, 2.45) is 0 Å². The highest BCUT2D eigenvalue weighted by Crippen LogP contribution is 2.30. The van der Waals surface area contributed by atoms with Gasteiger partial charge in [-0.1, -0.05) is 6.07 Å². The summed E-state index contributed by atoms with van der Waals surface area (Å²) < 4.78 is 0. The SMILES string of the molecule is Cc1cc(C)c(O)c(NC(=O)c2cnc3c(c2)N(C)C(=O)CN3)c1. The zero-order chi connectivity index (χ0) is 17.4. The first-order valence-corrected chi connectivity index (χ1v) is 7.49. The number of hydrogen-bond acceptors (Lipinski definition) is 5. The van der Waals surface area contributed by atoms with Crippen molar-refractivity contribution < 1.29 is 14.7 Å². The average molecular weight is 326 g/mol. The van der Waals surface area contributed by atoms with Crippen LogP contribution in [0.2, 0.25) is 0 Å². The first-order chi connectivity index (χ1) is 11.4. The highest BCUT2D eigenvalue weighted by Gasteiger charge is 2.23. The van der Waals surface area contributed by atoms with Crippen molar-refractivity contribution in [3.05, 3.63) is 41.1 Å². The number of anilines is 3. The number of carbonyl (C=O) groups is 2. The lowest BCUT2D eigenvalue weighted by atomic mass is 10.1. The van der Waals surface area contributed by atoms with Crippen molar-refractivity contribution in [3.63, 3.8) is 0 Å². The molecule has 124 valence electrons. The van der Waals surface area contributed by atoms with Gasteiger partial charge in [0.15, 0.2) is 0 Å². The smallest absolute Gasteiger partial charge is 0.257 e. The van der Waals surface area contributed by atoms with Crippen LogP contribution in [0, 0.1) is 13.8 Å². The van der Waals surface area contributed by atoms with Crippen LogP contribution >= 0.6 is 0 Å². The Morgan fingerprint density at radius 2 is 2.08 bits per heavy atom. The normalized spacial score (nSPS) is 13.3. The van der Waals surface area contributed by atoms with E-state index >= 15 is 0 Å². The predicted molar refractivity (Wildman–Crippen MR) is 91.7 cm³/mol. The number of phenols is 1. The van der Waals surface area contributed by atoms with E-state index in [0.717, 1.165) is 5.56 Å². The minimum atomic E-state index is -0.406. The van der Waals surface area contributed by atoms with Gasteiger partial charge in [0.05, 0.1) is 23.5 Å². The Labute approximate surface area is 139 Å². The topological polar surface area (TPSA) is 94.6 Å². The van der Waals surface area contributed by atoms with Gasteiger partial charge < -0.3 is 20.6 Å². The molecule has 0 unspecified atom stereocenters. The fourth-order valence-corrected chi connectivity index (χ4v) is 2.63. The summed E-state index contributed by atoms with van der Waals surface area (Å²) in [4.78, 5) is 29.9. The summed E-state index contributed by atoms with van der Waals surface area (Å²) >= 11 is 0. The molecule has 0 radical (unpaired) electrons. The summed E-state index contributed by atoms with van der Waals surface area (Å²) in [7, 11) is 1.64. The molecule has 0 aliphatic carbocycles. The van der Waals surface area contributed by atoms with Gasteiger partial charge in [0.25, 0.3) is 5.91 Å². The molecular weight excluding hydrogens is 308 g/mol. The fraction of sp³-hybridized carbons (Fsp3) is 0.235. The molecule has 0 saturated heterocycles. The number of fused-ring (bicyclic) bond motifs is 1. The van der Waals surface area contributed by atoms with Gasteiger partial charge in [-0.05, 0) is 37.1 Å². The van der Waals surface area contributed by atoms with Crippen LogP contribution < -0.4 is 15.5 Å². The lowest BCUT2D eigenvalue weighted by molar-refractivity contribution is -0.116. The number of amides is 2. The molecule has 0 saturated carbocycles. The second-order valence-corrected chi connectivity index (χ2v) is 5.83. The average Bonchev–Trinajstić information content (AvgIpc) is 2.55. The van der Waals surface area contributed by atoms with E-state index < -0.39 is 5.91 Å². The van der Waals surface area contributed by atoms with Crippen molar-refractivity contribution in [1.29, 1.82) is 0 Å². The van der Waals surface area contributed by atoms with E-state index in [1.807, 2.05) is 13.0 Å². The van der Waals surface area contributed by atoms with Gasteiger partial charge in [0, 0.05) is 13.2 Å². The van der Waals surface area contributed by atoms with Crippen LogP contribution in [0.3, 0.4) is 0 Å². The Morgan fingerprint density at radius 1 is 1.33 bits per heavy atom. The summed E-state index contributed by atoms with van der Waals surface area (Å²) in [6.45, 7) is 3.83. The minimum absolute atomic E-state index is 0.0360. The summed E-state index contributed by atoms with van der Waals surface area (Å²) in [6.07, 6.45) is 1.44. The number of pyridine rings is 1. The van der Waals surface area contributed by atoms with Crippen LogP contribution in [-0.2, 0) is 4.79 Å². The summed E-state index contributed by atoms with van der Waals surface area (Å²) in [5.41, 5.74) is 2.80. The Bertz CT molecular complexity index is 848. The molecule has 0 spiro atoms. The summed E-state index contributed by atoms with van der Waals surface area (Å²) in [6, 6.07) is 5.13. The number of likely N-dealkylation sites (N-methyl/N-ethyl adjacent to an activating group) is 1. The number of aromatic hydroxyl groups is 1. The number of aromatic nitrogens is 1. The number of carbonyl (C=O) groups excluding carboxylic acids is 2. The molecule has 1 aliphatic heterocycles. The van der Waals surface area contributed by atoms with Crippen LogP contribution in [0.15, 0.2) is 24.4 Å². The van der Waals surface area contributed by atoms with E-state index in [4.69, 9.17) is 0 Å². The monoisotopic (exact) mass is 326 g/mol. The summed E-state index contributed by atoms with van der Waals surface area (Å²) in [5.74, 6) is 0.0857. The van der Waals surface area contributed by atoms with Gasteiger partial charge in [0.1, 0.15) is 11.6 Å². The van der Waals surface area contributed by atoms with E-state index in [9.17, 15) is 14.7 Å². The molecule has 1 aromatic carbocycles. The molecule has 2 aromatic rings. The van der Waals surface area contributed by atoms with Crippen molar-refractivity contribution in [2.45, 2.75) is 13.8 Å². The number of aryl methyl sites for hydroxylation is 2. The molecule has 0 bridgehead atoms. The van der Waals surface area contributed by atoms with E-state index in [2.05, 4.69) is 15.6 Å². The van der Waals surface area contributed by atoms with Crippen molar-refractivity contribution in [2.75, 3.05) is 29.1 Å².